The molecule has 0 aromatic heterocycles. The van der Waals surface area contributed by atoms with E-state index in [0.717, 1.165) is 0 Å². The Morgan fingerprint density at radius 3 is 2.38 bits per heavy atom. The van der Waals surface area contributed by atoms with Crippen molar-refractivity contribution in [1.82, 2.24) is 5.01 Å². The van der Waals surface area contributed by atoms with Crippen molar-refractivity contribution in [2.45, 2.75) is 27.1 Å². The van der Waals surface area contributed by atoms with Gasteiger partial charge >= 0.3 is 0 Å². The first kappa shape index (κ1) is 12.0. The molecule has 6 nitrogen and oxygen atoms in total. The molecule has 0 spiro atoms. The van der Waals surface area contributed by atoms with Crippen LogP contribution in [0.5, 0.6) is 0 Å². The van der Waals surface area contributed by atoms with Crippen LogP contribution in [-0.2, 0) is 9.57 Å². The summed E-state index contributed by atoms with van der Waals surface area (Å²) in [5, 5.41) is 15.9. The van der Waals surface area contributed by atoms with Crippen LogP contribution in [0.25, 0.3) is 0 Å². The van der Waals surface area contributed by atoms with Crippen molar-refractivity contribution in [1.29, 1.82) is 0 Å². The zero-order valence-corrected chi connectivity index (χ0v) is 8.56. The third kappa shape index (κ3) is 4.51. The molecule has 0 aliphatic rings. The molecule has 0 N–H and O–H groups in total. The van der Waals surface area contributed by atoms with Crippen LogP contribution < -0.4 is 0 Å². The van der Waals surface area contributed by atoms with Gasteiger partial charge in [-0.25, -0.2) is 0 Å². The third-order valence-corrected chi connectivity index (χ3v) is 1.57. The summed E-state index contributed by atoms with van der Waals surface area (Å²) in [6.07, 6.45) is -0.507. The van der Waals surface area contributed by atoms with Crippen molar-refractivity contribution < 1.29 is 14.5 Å². The minimum absolute atomic E-state index is 0.426. The predicted octanol–water partition coefficient (Wildman–Crippen LogP) is 1.13. The van der Waals surface area contributed by atoms with Gasteiger partial charge in [-0.2, -0.15) is 0 Å². The molecule has 0 aliphatic carbocycles. The number of ether oxygens (including phenoxy) is 1. The molecule has 0 amide bonds. The normalized spacial score (nSPS) is 14.0. The van der Waals surface area contributed by atoms with E-state index in [4.69, 9.17) is 9.57 Å². The van der Waals surface area contributed by atoms with E-state index in [1.165, 1.54) is 12.1 Å². The van der Waals surface area contributed by atoms with Gasteiger partial charge in [-0.05, 0) is 13.8 Å². The maximum Gasteiger partial charge on any atom is 0.236 e. The Hall–Kier alpha value is -1.04. The summed E-state index contributed by atoms with van der Waals surface area (Å²) in [6, 6.07) is 0. The van der Waals surface area contributed by atoms with Crippen LogP contribution in [0.2, 0.25) is 0 Å². The lowest BCUT2D eigenvalue weighted by Crippen LogP contribution is -2.30. The second kappa shape index (κ2) is 6.47. The van der Waals surface area contributed by atoms with E-state index in [2.05, 4.69) is 5.28 Å². The summed E-state index contributed by atoms with van der Waals surface area (Å²) in [5.41, 5.74) is 0. The Labute approximate surface area is 78.2 Å². The summed E-state index contributed by atoms with van der Waals surface area (Å²) < 4.78 is 4.75. The molecular formula is C7H17N3O3. The van der Waals surface area contributed by atoms with E-state index in [1.54, 1.807) is 6.92 Å². The molecule has 0 aromatic rings. The Morgan fingerprint density at radius 2 is 2.00 bits per heavy atom. The second-order valence-electron chi connectivity index (χ2n) is 2.38. The van der Waals surface area contributed by atoms with Crippen molar-refractivity contribution in [3.8, 4) is 0 Å². The topological polar surface area (TPSA) is 60.1 Å². The molecule has 0 aliphatic heterocycles. The average Bonchev–Trinajstić information content (AvgIpc) is 2.16. The lowest BCUT2D eigenvalue weighted by atomic mass is 10.6. The molecule has 6 heteroatoms. The van der Waals surface area contributed by atoms with Crippen LogP contribution >= 0.6 is 0 Å². The number of hydrazine groups is 1. The predicted molar refractivity (Wildman–Crippen MR) is 46.5 cm³/mol. The highest BCUT2D eigenvalue weighted by molar-refractivity contribution is 4.29. The van der Waals surface area contributed by atoms with Gasteiger partial charge in [-0.1, -0.05) is 0 Å². The van der Waals surface area contributed by atoms with E-state index in [-0.39, 0.29) is 0 Å². The summed E-state index contributed by atoms with van der Waals surface area (Å²) >= 11 is 0. The molecular weight excluding hydrogens is 174 g/mol. The Kier molecular flexibility index (Phi) is 5.96. The fourth-order valence-electron chi connectivity index (χ4n) is 0.667. The first-order valence-corrected chi connectivity index (χ1v) is 4.27. The zero-order chi connectivity index (χ0) is 10.3. The molecule has 1 unspecified atom stereocenters. The number of methoxy groups -OCH3 is 1. The summed E-state index contributed by atoms with van der Waals surface area (Å²) in [5.74, 6) is 0. The number of hydrogen-bond acceptors (Lipinski definition) is 4. The van der Waals surface area contributed by atoms with Crippen LogP contribution in [0.1, 0.15) is 20.8 Å². The number of hydrogen-bond donors (Lipinski definition) is 0. The van der Waals surface area contributed by atoms with E-state index >= 15 is 0 Å². The highest BCUT2D eigenvalue weighted by Crippen LogP contribution is 1.94. The quantitative estimate of drug-likeness (QED) is 0.273. The zero-order valence-electron chi connectivity index (χ0n) is 8.56. The van der Waals surface area contributed by atoms with Gasteiger partial charge in [0.2, 0.25) is 11.6 Å². The third-order valence-electron chi connectivity index (χ3n) is 1.57. The maximum atomic E-state index is 11.1. The van der Waals surface area contributed by atoms with Crippen LogP contribution in [0.4, 0.5) is 0 Å². The maximum absolute atomic E-state index is 11.1. The van der Waals surface area contributed by atoms with E-state index < -0.39 is 6.29 Å². The largest absolute Gasteiger partial charge is 0.569 e. The second-order valence-corrected chi connectivity index (χ2v) is 2.38. The van der Waals surface area contributed by atoms with Crippen molar-refractivity contribution in [3.63, 3.8) is 0 Å². The van der Waals surface area contributed by atoms with Gasteiger partial charge in [-0.3, -0.25) is 0 Å². The van der Waals surface area contributed by atoms with Gasteiger partial charge < -0.3 is 14.8 Å². The smallest absolute Gasteiger partial charge is 0.236 e. The summed E-state index contributed by atoms with van der Waals surface area (Å²) in [4.78, 5) is 5.14. The summed E-state index contributed by atoms with van der Waals surface area (Å²) in [6.45, 7) is 6.56. The Bertz CT molecular complexity index is 159. The highest BCUT2D eigenvalue weighted by Gasteiger charge is 2.08. The van der Waals surface area contributed by atoms with Crippen molar-refractivity contribution >= 4 is 0 Å². The minimum Gasteiger partial charge on any atom is -0.569 e. The SMILES string of the molecule is CCN(CC)/[N+]([O-])=N/OC(C)OC. The molecule has 0 saturated carbocycles. The van der Waals surface area contributed by atoms with Gasteiger partial charge in [0.15, 0.2) is 0 Å². The number of nitrogens with zero attached hydrogens (tertiary/aromatic N) is 3. The summed E-state index contributed by atoms with van der Waals surface area (Å²) in [7, 11) is 1.48. The van der Waals surface area contributed by atoms with Gasteiger partial charge in [0, 0.05) is 14.0 Å². The highest BCUT2D eigenvalue weighted by atomic mass is 16.8. The molecule has 13 heavy (non-hydrogen) atoms. The lowest BCUT2D eigenvalue weighted by Gasteiger charge is -2.14. The van der Waals surface area contributed by atoms with Crippen molar-refractivity contribution in [3.05, 3.63) is 5.21 Å². The monoisotopic (exact) mass is 191 g/mol. The Balaban J connectivity index is 3.98. The van der Waals surface area contributed by atoms with Crippen LogP contribution in [0.3, 0.4) is 0 Å². The fourth-order valence-corrected chi connectivity index (χ4v) is 0.667. The Morgan fingerprint density at radius 1 is 1.46 bits per heavy atom. The fraction of sp³-hybridized carbons (Fsp3) is 1.00. The van der Waals surface area contributed by atoms with Crippen molar-refractivity contribution in [2.75, 3.05) is 20.2 Å². The molecule has 78 valence electrons. The molecule has 0 rings (SSSR count). The molecule has 0 heterocycles. The lowest BCUT2D eigenvalue weighted by molar-refractivity contribution is -0.712. The minimum atomic E-state index is -0.507. The molecule has 0 radical (unpaired) electrons. The number of rotatable bonds is 6. The first-order chi connectivity index (χ1) is 6.15. The van der Waals surface area contributed by atoms with Gasteiger partial charge in [-0.15, -0.1) is 5.01 Å². The molecule has 0 fully saturated rings. The van der Waals surface area contributed by atoms with Crippen LogP contribution in [0.15, 0.2) is 5.28 Å². The van der Waals surface area contributed by atoms with E-state index in [9.17, 15) is 5.21 Å². The van der Waals surface area contributed by atoms with Crippen molar-refractivity contribution in [2.24, 2.45) is 5.28 Å². The van der Waals surface area contributed by atoms with Gasteiger partial charge in [0.05, 0.1) is 18.1 Å². The molecule has 1 atom stereocenters. The first-order valence-electron chi connectivity index (χ1n) is 4.27. The van der Waals surface area contributed by atoms with E-state index in [1.807, 2.05) is 13.8 Å². The van der Waals surface area contributed by atoms with E-state index in [0.29, 0.717) is 18.1 Å². The molecule has 0 saturated heterocycles. The standard InChI is InChI=1S/C7H17N3O3/c1-5-9(6-2)10(11)8-13-7(3)12-4/h7H,5-6H2,1-4H3/b10-8-. The molecule has 0 bridgehead atoms. The van der Waals surface area contributed by atoms with Crippen LogP contribution in [0, 0.1) is 5.21 Å². The van der Waals surface area contributed by atoms with Gasteiger partial charge in [0.25, 0.3) is 0 Å². The average molecular weight is 191 g/mol. The molecule has 0 aromatic carbocycles. The van der Waals surface area contributed by atoms with Crippen LogP contribution in [-0.4, -0.2) is 36.5 Å². The van der Waals surface area contributed by atoms with Gasteiger partial charge in [0.1, 0.15) is 0 Å².